The molecule has 3 aromatic heterocycles. The Morgan fingerprint density at radius 1 is 1.16 bits per heavy atom. The first-order valence-electron chi connectivity index (χ1n) is 9.92. The van der Waals surface area contributed by atoms with Crippen molar-refractivity contribution in [3.8, 4) is 16.1 Å². The summed E-state index contributed by atoms with van der Waals surface area (Å²) >= 11 is 7.50. The molecule has 0 unspecified atom stereocenters. The fourth-order valence-electron chi connectivity index (χ4n) is 3.90. The summed E-state index contributed by atoms with van der Waals surface area (Å²) in [6.45, 7) is 1.95. The molecular formula is C23H22Cl2N4OS. The molecule has 4 aromatic rings. The second-order valence-corrected chi connectivity index (χ2v) is 8.98. The van der Waals surface area contributed by atoms with Crippen LogP contribution in [0.3, 0.4) is 0 Å². The van der Waals surface area contributed by atoms with Crippen molar-refractivity contribution in [2.45, 2.75) is 12.5 Å². The summed E-state index contributed by atoms with van der Waals surface area (Å²) in [6, 6.07) is 16.2. The number of halogens is 2. The molecule has 5 rings (SSSR count). The molecular weight excluding hydrogens is 451 g/mol. The number of thiophene rings is 1. The van der Waals surface area contributed by atoms with Crippen LogP contribution in [-0.4, -0.2) is 35.7 Å². The number of nitrogens with one attached hydrogen (secondary N) is 1. The molecule has 1 N–H and O–H groups in total. The molecule has 1 aromatic carbocycles. The van der Waals surface area contributed by atoms with E-state index in [0.29, 0.717) is 11.1 Å². The number of hydrogen-bond donors (Lipinski definition) is 1. The molecule has 0 amide bonds. The van der Waals surface area contributed by atoms with Crippen LogP contribution in [0.1, 0.15) is 6.42 Å². The number of aromatic nitrogens is 2. The van der Waals surface area contributed by atoms with E-state index in [1.807, 2.05) is 55.7 Å². The largest absolute Gasteiger partial charge is 0.355 e. The number of pyridine rings is 2. The zero-order chi connectivity index (χ0) is 20.7. The lowest BCUT2D eigenvalue weighted by Gasteiger charge is -2.17. The fraction of sp³-hybridized carbons (Fsp3) is 0.217. The minimum Gasteiger partial charge on any atom is -0.355 e. The van der Waals surface area contributed by atoms with E-state index in [9.17, 15) is 4.79 Å². The van der Waals surface area contributed by atoms with E-state index < -0.39 is 0 Å². The molecule has 1 atom stereocenters. The maximum Gasteiger partial charge on any atom is 0.273 e. The maximum absolute atomic E-state index is 13.2. The number of rotatable bonds is 4. The van der Waals surface area contributed by atoms with E-state index in [1.54, 1.807) is 10.8 Å². The van der Waals surface area contributed by atoms with Crippen molar-refractivity contribution in [1.82, 2.24) is 14.9 Å². The Kier molecular flexibility index (Phi) is 6.34. The summed E-state index contributed by atoms with van der Waals surface area (Å²) in [4.78, 5) is 21.1. The highest BCUT2D eigenvalue weighted by atomic mass is 35.5. The van der Waals surface area contributed by atoms with Gasteiger partial charge in [-0.15, -0.1) is 23.7 Å². The van der Waals surface area contributed by atoms with E-state index in [1.165, 1.54) is 11.3 Å². The number of likely N-dealkylation sites (N-methyl/N-ethyl adjacent to an activating group) is 1. The molecule has 0 radical (unpaired) electrons. The minimum atomic E-state index is -0.0244. The van der Waals surface area contributed by atoms with E-state index >= 15 is 0 Å². The minimum absolute atomic E-state index is 0. The Bertz CT molecular complexity index is 1250. The van der Waals surface area contributed by atoms with Crippen LogP contribution in [0.2, 0.25) is 5.02 Å². The zero-order valence-electron chi connectivity index (χ0n) is 16.9. The molecule has 160 valence electrons. The molecule has 4 heterocycles. The van der Waals surface area contributed by atoms with Crippen LogP contribution in [0.25, 0.3) is 26.2 Å². The SMILES string of the molecule is CN[C@@H]1CCN(c2ccc(-n3ccc4cc(-c5ccc(Cl)cc5)sc4c3=O)cn2)C1.Cl. The lowest BCUT2D eigenvalue weighted by Crippen LogP contribution is -2.29. The quantitative estimate of drug-likeness (QED) is 0.454. The predicted molar refractivity (Wildman–Crippen MR) is 133 cm³/mol. The number of anilines is 1. The van der Waals surface area contributed by atoms with Crippen LogP contribution < -0.4 is 15.8 Å². The Morgan fingerprint density at radius 3 is 2.65 bits per heavy atom. The molecule has 1 aliphatic heterocycles. The highest BCUT2D eigenvalue weighted by molar-refractivity contribution is 7.22. The number of benzene rings is 1. The number of nitrogens with zero attached hydrogens (tertiary/aromatic N) is 3. The van der Waals surface area contributed by atoms with Gasteiger partial charge in [0, 0.05) is 40.6 Å². The molecule has 5 nitrogen and oxygen atoms in total. The van der Waals surface area contributed by atoms with Crippen molar-refractivity contribution in [3.63, 3.8) is 0 Å². The third-order valence-corrected chi connectivity index (χ3v) is 7.08. The Balaban J connectivity index is 0.00000231. The Labute approximate surface area is 195 Å². The van der Waals surface area contributed by atoms with Crippen molar-refractivity contribution < 1.29 is 0 Å². The second kappa shape index (κ2) is 9.01. The third kappa shape index (κ3) is 4.21. The third-order valence-electron chi connectivity index (χ3n) is 5.64. The molecule has 31 heavy (non-hydrogen) atoms. The van der Waals surface area contributed by atoms with Gasteiger partial charge in [0.15, 0.2) is 0 Å². The molecule has 0 aliphatic carbocycles. The summed E-state index contributed by atoms with van der Waals surface area (Å²) in [5, 5.41) is 4.97. The maximum atomic E-state index is 13.2. The van der Waals surface area contributed by atoms with Gasteiger partial charge in [-0.3, -0.25) is 9.36 Å². The average molecular weight is 473 g/mol. The summed E-state index contributed by atoms with van der Waals surface area (Å²) in [5.41, 5.74) is 1.81. The highest BCUT2D eigenvalue weighted by Crippen LogP contribution is 2.32. The Hall–Kier alpha value is -2.38. The fourth-order valence-corrected chi connectivity index (χ4v) is 5.12. The highest BCUT2D eigenvalue weighted by Gasteiger charge is 2.22. The first-order chi connectivity index (χ1) is 14.6. The normalized spacial score (nSPS) is 15.9. The monoisotopic (exact) mass is 472 g/mol. The topological polar surface area (TPSA) is 50.2 Å². The molecule has 8 heteroatoms. The van der Waals surface area contributed by atoms with Crippen molar-refractivity contribution >= 4 is 51.2 Å². The van der Waals surface area contributed by atoms with Gasteiger partial charge in [0.25, 0.3) is 5.56 Å². The van der Waals surface area contributed by atoms with Gasteiger partial charge in [-0.1, -0.05) is 23.7 Å². The van der Waals surface area contributed by atoms with Crippen LogP contribution in [0.4, 0.5) is 5.82 Å². The summed E-state index contributed by atoms with van der Waals surface area (Å²) in [6.07, 6.45) is 4.72. The van der Waals surface area contributed by atoms with Gasteiger partial charge in [-0.05, 0) is 55.4 Å². The van der Waals surface area contributed by atoms with Crippen LogP contribution in [0.15, 0.2) is 65.7 Å². The molecule has 0 spiro atoms. The Morgan fingerprint density at radius 2 is 1.97 bits per heavy atom. The van der Waals surface area contributed by atoms with Crippen LogP contribution >= 0.6 is 35.3 Å². The molecule has 1 saturated heterocycles. The van der Waals surface area contributed by atoms with Crippen LogP contribution in [0.5, 0.6) is 0 Å². The van der Waals surface area contributed by atoms with Gasteiger partial charge in [0.05, 0.1) is 11.9 Å². The average Bonchev–Trinajstić information content (AvgIpc) is 3.42. The molecule has 0 saturated carbocycles. The smallest absolute Gasteiger partial charge is 0.273 e. The van der Waals surface area contributed by atoms with Gasteiger partial charge in [0.2, 0.25) is 0 Å². The van der Waals surface area contributed by atoms with E-state index in [0.717, 1.165) is 51.5 Å². The van der Waals surface area contributed by atoms with E-state index in [-0.39, 0.29) is 18.0 Å². The summed E-state index contributed by atoms with van der Waals surface area (Å²) in [7, 11) is 2.00. The van der Waals surface area contributed by atoms with Crippen LogP contribution in [0, 0.1) is 0 Å². The first-order valence-corrected chi connectivity index (χ1v) is 11.1. The van der Waals surface area contributed by atoms with Crippen molar-refractivity contribution in [1.29, 1.82) is 0 Å². The lowest BCUT2D eigenvalue weighted by atomic mass is 10.2. The lowest BCUT2D eigenvalue weighted by molar-refractivity contribution is 0.616. The predicted octanol–water partition coefficient (Wildman–Crippen LogP) is 4.99. The van der Waals surface area contributed by atoms with Crippen LogP contribution in [-0.2, 0) is 0 Å². The van der Waals surface area contributed by atoms with Gasteiger partial charge in [-0.25, -0.2) is 4.98 Å². The number of fused-ring (bicyclic) bond motifs is 1. The van der Waals surface area contributed by atoms with Crippen molar-refractivity contribution in [3.05, 3.63) is 76.3 Å². The summed E-state index contributed by atoms with van der Waals surface area (Å²) < 4.78 is 2.41. The zero-order valence-corrected chi connectivity index (χ0v) is 19.3. The van der Waals surface area contributed by atoms with E-state index in [2.05, 4.69) is 21.3 Å². The van der Waals surface area contributed by atoms with E-state index in [4.69, 9.17) is 11.6 Å². The van der Waals surface area contributed by atoms with Crippen molar-refractivity contribution in [2.75, 3.05) is 25.0 Å². The second-order valence-electron chi connectivity index (χ2n) is 7.49. The van der Waals surface area contributed by atoms with Gasteiger partial charge in [-0.2, -0.15) is 0 Å². The molecule has 0 bridgehead atoms. The van der Waals surface area contributed by atoms with Gasteiger partial charge >= 0.3 is 0 Å². The van der Waals surface area contributed by atoms with Gasteiger partial charge in [0.1, 0.15) is 10.5 Å². The van der Waals surface area contributed by atoms with Gasteiger partial charge < -0.3 is 10.2 Å². The van der Waals surface area contributed by atoms with Crippen molar-refractivity contribution in [2.24, 2.45) is 0 Å². The summed E-state index contributed by atoms with van der Waals surface area (Å²) in [5.74, 6) is 0.951. The molecule has 1 fully saturated rings. The number of hydrogen-bond acceptors (Lipinski definition) is 5. The molecule has 1 aliphatic rings. The standard InChI is InChI=1S/C23H21ClN4OS.ClH/c1-25-18-9-10-27(14-18)21-7-6-19(13-26-21)28-11-8-16-12-20(30-22(16)23(28)29)15-2-4-17(24)5-3-15;/h2-8,11-13,18,25H,9-10,14H2,1H3;1H/t18-;/m1./s1. The first kappa shape index (κ1) is 21.8.